The summed E-state index contributed by atoms with van der Waals surface area (Å²) in [6, 6.07) is 0. The van der Waals surface area contributed by atoms with Gasteiger partial charge in [0.25, 0.3) is 0 Å². The number of Topliss-reactive ketones (excluding diaryl/α,β-unsaturated/α-hetero) is 1. The summed E-state index contributed by atoms with van der Waals surface area (Å²) in [5.74, 6) is 2.28. The Morgan fingerprint density at radius 3 is 2.50 bits per heavy atom. The topological polar surface area (TPSA) is 17.1 Å². The molecule has 0 radical (unpaired) electrons. The third-order valence-corrected chi connectivity index (χ3v) is 3.59. The molecule has 1 aliphatic carbocycles. The Morgan fingerprint density at radius 2 is 1.93 bits per heavy atom. The van der Waals surface area contributed by atoms with Crippen LogP contribution in [0.2, 0.25) is 0 Å². The minimum Gasteiger partial charge on any atom is -0.299 e. The van der Waals surface area contributed by atoms with E-state index >= 15 is 0 Å². The van der Waals surface area contributed by atoms with Crippen molar-refractivity contribution in [3.8, 4) is 0 Å². The molecule has 0 spiro atoms. The summed E-state index contributed by atoms with van der Waals surface area (Å²) in [6.07, 6.45) is 6.84. The van der Waals surface area contributed by atoms with Crippen molar-refractivity contribution in [1.82, 2.24) is 0 Å². The van der Waals surface area contributed by atoms with Crippen molar-refractivity contribution in [3.63, 3.8) is 0 Å². The molecule has 1 aliphatic rings. The molecule has 82 valence electrons. The van der Waals surface area contributed by atoms with E-state index < -0.39 is 0 Å². The number of ketones is 1. The Morgan fingerprint density at radius 1 is 1.29 bits per heavy atom. The molecule has 0 aromatic carbocycles. The van der Waals surface area contributed by atoms with Crippen LogP contribution in [0.15, 0.2) is 0 Å². The quantitative estimate of drug-likeness (QED) is 0.668. The predicted octanol–water partition coefficient (Wildman–Crippen LogP) is 3.82. The maximum absolute atomic E-state index is 11.9. The van der Waals surface area contributed by atoms with Crippen LogP contribution in [0.5, 0.6) is 0 Å². The predicted molar refractivity (Wildman–Crippen MR) is 60.2 cm³/mol. The van der Waals surface area contributed by atoms with Gasteiger partial charge in [-0.3, -0.25) is 4.79 Å². The molecule has 0 aromatic rings. The zero-order valence-corrected chi connectivity index (χ0v) is 9.88. The van der Waals surface area contributed by atoms with E-state index in [0.717, 1.165) is 19.3 Å². The minimum absolute atomic E-state index is 0.392. The monoisotopic (exact) mass is 196 g/mol. The Kier molecular flexibility index (Phi) is 4.64. The normalized spacial score (nSPS) is 28.0. The lowest BCUT2D eigenvalue weighted by Gasteiger charge is -2.33. The van der Waals surface area contributed by atoms with Crippen molar-refractivity contribution in [2.45, 2.75) is 59.3 Å². The van der Waals surface area contributed by atoms with Gasteiger partial charge in [0.05, 0.1) is 0 Å². The maximum Gasteiger partial charge on any atom is 0.136 e. The summed E-state index contributed by atoms with van der Waals surface area (Å²) in [7, 11) is 0. The van der Waals surface area contributed by atoms with Gasteiger partial charge in [0.1, 0.15) is 5.78 Å². The minimum atomic E-state index is 0.392. The number of carbonyl (C=O) groups is 1. The molecule has 14 heavy (non-hydrogen) atoms. The highest BCUT2D eigenvalue weighted by molar-refractivity contribution is 5.81. The van der Waals surface area contributed by atoms with Gasteiger partial charge in [-0.1, -0.05) is 33.6 Å². The van der Waals surface area contributed by atoms with Crippen LogP contribution in [-0.4, -0.2) is 5.78 Å². The number of hydrogen-bond donors (Lipinski definition) is 0. The van der Waals surface area contributed by atoms with Crippen molar-refractivity contribution in [2.75, 3.05) is 0 Å². The van der Waals surface area contributed by atoms with Crippen molar-refractivity contribution in [3.05, 3.63) is 0 Å². The van der Waals surface area contributed by atoms with E-state index in [-0.39, 0.29) is 0 Å². The van der Waals surface area contributed by atoms with Gasteiger partial charge in [0, 0.05) is 12.3 Å². The highest BCUT2D eigenvalue weighted by Gasteiger charge is 2.31. The molecule has 0 heterocycles. The van der Waals surface area contributed by atoms with Crippen LogP contribution in [0.4, 0.5) is 0 Å². The highest BCUT2D eigenvalue weighted by Crippen LogP contribution is 2.36. The van der Waals surface area contributed by atoms with E-state index in [2.05, 4.69) is 20.8 Å². The van der Waals surface area contributed by atoms with E-state index in [1.165, 1.54) is 19.3 Å². The van der Waals surface area contributed by atoms with Crippen LogP contribution in [0.3, 0.4) is 0 Å². The SMILES string of the molecule is CCCC(=O)C1CCCCC1C(C)C. The van der Waals surface area contributed by atoms with Crippen molar-refractivity contribution >= 4 is 5.78 Å². The highest BCUT2D eigenvalue weighted by atomic mass is 16.1. The molecule has 0 N–H and O–H groups in total. The van der Waals surface area contributed by atoms with Crippen molar-refractivity contribution < 1.29 is 4.79 Å². The zero-order chi connectivity index (χ0) is 10.6. The third-order valence-electron chi connectivity index (χ3n) is 3.59. The zero-order valence-electron chi connectivity index (χ0n) is 9.88. The molecule has 0 aliphatic heterocycles. The number of carbonyl (C=O) groups excluding carboxylic acids is 1. The fourth-order valence-electron chi connectivity index (χ4n) is 2.79. The standard InChI is InChI=1S/C13H24O/c1-4-7-13(14)12-9-6-5-8-11(12)10(2)3/h10-12H,4-9H2,1-3H3. The second-order valence-corrected chi connectivity index (χ2v) is 5.02. The molecule has 1 rings (SSSR count). The van der Waals surface area contributed by atoms with E-state index in [1.54, 1.807) is 0 Å². The van der Waals surface area contributed by atoms with Crippen LogP contribution in [0, 0.1) is 17.8 Å². The number of rotatable bonds is 4. The summed E-state index contributed by atoms with van der Waals surface area (Å²) in [5, 5.41) is 0. The first-order valence-corrected chi connectivity index (χ1v) is 6.19. The lowest BCUT2D eigenvalue weighted by Crippen LogP contribution is -2.30. The first-order valence-electron chi connectivity index (χ1n) is 6.19. The maximum atomic E-state index is 11.9. The second kappa shape index (κ2) is 5.53. The Labute approximate surface area is 88.3 Å². The first-order chi connectivity index (χ1) is 6.66. The van der Waals surface area contributed by atoms with E-state index in [9.17, 15) is 4.79 Å². The van der Waals surface area contributed by atoms with E-state index in [4.69, 9.17) is 0 Å². The van der Waals surface area contributed by atoms with Gasteiger partial charge in [-0.25, -0.2) is 0 Å². The molecule has 0 aromatic heterocycles. The average Bonchev–Trinajstić information content (AvgIpc) is 2.18. The Hall–Kier alpha value is -0.330. The molecular formula is C13H24O. The molecule has 0 amide bonds. The largest absolute Gasteiger partial charge is 0.299 e. The molecular weight excluding hydrogens is 172 g/mol. The van der Waals surface area contributed by atoms with Gasteiger partial charge in [-0.05, 0) is 31.1 Å². The van der Waals surface area contributed by atoms with Gasteiger partial charge in [0.2, 0.25) is 0 Å². The van der Waals surface area contributed by atoms with E-state index in [1.807, 2.05) is 0 Å². The molecule has 2 atom stereocenters. The van der Waals surface area contributed by atoms with Crippen molar-refractivity contribution in [2.24, 2.45) is 17.8 Å². The second-order valence-electron chi connectivity index (χ2n) is 5.02. The molecule has 0 saturated heterocycles. The summed E-state index contributed by atoms with van der Waals surface area (Å²) in [5.41, 5.74) is 0. The van der Waals surface area contributed by atoms with Crippen LogP contribution in [0.1, 0.15) is 59.3 Å². The molecule has 1 nitrogen and oxygen atoms in total. The van der Waals surface area contributed by atoms with Gasteiger partial charge in [-0.15, -0.1) is 0 Å². The average molecular weight is 196 g/mol. The number of hydrogen-bond acceptors (Lipinski definition) is 1. The van der Waals surface area contributed by atoms with E-state index in [0.29, 0.717) is 23.5 Å². The smallest absolute Gasteiger partial charge is 0.136 e. The molecule has 1 saturated carbocycles. The van der Waals surface area contributed by atoms with Crippen LogP contribution < -0.4 is 0 Å². The summed E-state index contributed by atoms with van der Waals surface area (Å²) in [6.45, 7) is 6.63. The summed E-state index contributed by atoms with van der Waals surface area (Å²) < 4.78 is 0. The molecule has 2 unspecified atom stereocenters. The molecule has 1 heteroatoms. The van der Waals surface area contributed by atoms with Gasteiger partial charge < -0.3 is 0 Å². The summed E-state index contributed by atoms with van der Waals surface area (Å²) in [4.78, 5) is 11.9. The lowest BCUT2D eigenvalue weighted by atomic mass is 9.71. The lowest BCUT2D eigenvalue weighted by molar-refractivity contribution is -0.126. The van der Waals surface area contributed by atoms with Gasteiger partial charge in [-0.2, -0.15) is 0 Å². The fraction of sp³-hybridized carbons (Fsp3) is 0.923. The third kappa shape index (κ3) is 2.83. The van der Waals surface area contributed by atoms with Crippen molar-refractivity contribution in [1.29, 1.82) is 0 Å². The molecule has 0 bridgehead atoms. The van der Waals surface area contributed by atoms with Crippen LogP contribution >= 0.6 is 0 Å². The van der Waals surface area contributed by atoms with Gasteiger partial charge >= 0.3 is 0 Å². The molecule has 1 fully saturated rings. The van der Waals surface area contributed by atoms with Gasteiger partial charge in [0.15, 0.2) is 0 Å². The van der Waals surface area contributed by atoms with Crippen LogP contribution in [-0.2, 0) is 4.79 Å². The Balaban J connectivity index is 2.57. The first kappa shape index (κ1) is 11.7. The van der Waals surface area contributed by atoms with Crippen LogP contribution in [0.25, 0.3) is 0 Å². The summed E-state index contributed by atoms with van der Waals surface area (Å²) >= 11 is 0. The Bertz CT molecular complexity index is 184. The fourth-order valence-corrected chi connectivity index (χ4v) is 2.79.